The Labute approximate surface area is 156 Å². The summed E-state index contributed by atoms with van der Waals surface area (Å²) in [6.45, 7) is 1.97. The lowest BCUT2D eigenvalue weighted by atomic mass is 10.1. The number of hydrogen-bond acceptors (Lipinski definition) is 4. The van der Waals surface area contributed by atoms with E-state index in [1.165, 1.54) is 36.0 Å². The van der Waals surface area contributed by atoms with Crippen LogP contribution in [0.4, 0.5) is 4.39 Å². The maximum atomic E-state index is 13.2. The molecule has 3 rings (SSSR count). The first-order valence-corrected chi connectivity index (χ1v) is 9.45. The van der Waals surface area contributed by atoms with Gasteiger partial charge in [0.1, 0.15) is 5.82 Å². The van der Waals surface area contributed by atoms with Crippen LogP contribution in [0, 0.1) is 12.7 Å². The fourth-order valence-electron chi connectivity index (χ4n) is 2.44. The summed E-state index contributed by atoms with van der Waals surface area (Å²) in [6.07, 6.45) is 0.791. The van der Waals surface area contributed by atoms with Crippen LogP contribution >= 0.6 is 11.8 Å². The third-order valence-corrected chi connectivity index (χ3v) is 5.17. The number of nitrogens with one attached hydrogen (secondary N) is 1. The Morgan fingerprint density at radius 1 is 1.19 bits per heavy atom. The van der Waals surface area contributed by atoms with Crippen LogP contribution in [-0.2, 0) is 14.3 Å². The fraction of sp³-hybridized carbons (Fsp3) is 0.300. The van der Waals surface area contributed by atoms with E-state index >= 15 is 0 Å². The monoisotopic (exact) mass is 373 g/mol. The van der Waals surface area contributed by atoms with Crippen molar-refractivity contribution in [1.82, 2.24) is 5.32 Å². The molecule has 1 atom stereocenters. The highest BCUT2D eigenvalue weighted by Gasteiger charge is 2.30. The average Bonchev–Trinajstić information content (AvgIpc) is 3.44. The molecule has 0 heterocycles. The summed E-state index contributed by atoms with van der Waals surface area (Å²) in [7, 11) is 0. The number of aryl methyl sites for hydroxylation is 1. The van der Waals surface area contributed by atoms with Gasteiger partial charge in [0, 0.05) is 16.5 Å². The summed E-state index contributed by atoms with van der Waals surface area (Å²) in [5.41, 5.74) is 1.53. The highest BCUT2D eigenvalue weighted by Crippen LogP contribution is 2.26. The highest BCUT2D eigenvalue weighted by atomic mass is 32.2. The largest absolute Gasteiger partial charge is 0.447 e. The van der Waals surface area contributed by atoms with Crippen molar-refractivity contribution >= 4 is 23.6 Å². The van der Waals surface area contributed by atoms with Crippen molar-refractivity contribution in [2.45, 2.75) is 36.8 Å². The van der Waals surface area contributed by atoms with Crippen molar-refractivity contribution < 1.29 is 18.7 Å². The molecule has 0 spiro atoms. The number of halogens is 1. The summed E-state index contributed by atoms with van der Waals surface area (Å²) in [4.78, 5) is 25.7. The Morgan fingerprint density at radius 3 is 2.54 bits per heavy atom. The van der Waals surface area contributed by atoms with Gasteiger partial charge in [-0.15, -0.1) is 11.8 Å². The van der Waals surface area contributed by atoms with E-state index in [-0.39, 0.29) is 17.7 Å². The van der Waals surface area contributed by atoms with Crippen LogP contribution in [-0.4, -0.2) is 23.7 Å². The summed E-state index contributed by atoms with van der Waals surface area (Å²) in [5.74, 6) is -1.16. The zero-order chi connectivity index (χ0) is 18.5. The van der Waals surface area contributed by atoms with Gasteiger partial charge in [-0.3, -0.25) is 9.59 Å². The van der Waals surface area contributed by atoms with Gasteiger partial charge in [-0.25, -0.2) is 4.39 Å². The van der Waals surface area contributed by atoms with Crippen LogP contribution < -0.4 is 5.32 Å². The predicted molar refractivity (Wildman–Crippen MR) is 98.3 cm³/mol. The molecule has 0 saturated heterocycles. The molecule has 1 saturated carbocycles. The van der Waals surface area contributed by atoms with Gasteiger partial charge in [0.05, 0.1) is 5.75 Å². The van der Waals surface area contributed by atoms with Gasteiger partial charge >= 0.3 is 5.97 Å². The number of carbonyl (C=O) groups excluding carboxylic acids is 2. The second kappa shape index (κ2) is 8.36. The molecule has 1 amide bonds. The van der Waals surface area contributed by atoms with Crippen LogP contribution in [0.25, 0.3) is 0 Å². The Hall–Kier alpha value is -2.34. The first-order chi connectivity index (χ1) is 12.5. The minimum absolute atomic E-state index is 0.0965. The molecule has 0 aliphatic heterocycles. The molecule has 0 radical (unpaired) electrons. The van der Waals surface area contributed by atoms with E-state index in [0.29, 0.717) is 5.56 Å². The first kappa shape index (κ1) is 18.5. The minimum Gasteiger partial charge on any atom is -0.447 e. The molecule has 1 unspecified atom stereocenters. The number of rotatable bonds is 7. The maximum absolute atomic E-state index is 13.2. The number of thioether (sulfide) groups is 1. The van der Waals surface area contributed by atoms with Gasteiger partial charge in [-0.2, -0.15) is 0 Å². The van der Waals surface area contributed by atoms with Crippen LogP contribution in [0.2, 0.25) is 0 Å². The topological polar surface area (TPSA) is 55.4 Å². The van der Waals surface area contributed by atoms with Gasteiger partial charge in [-0.1, -0.05) is 30.3 Å². The number of ether oxygens (including phenoxy) is 1. The van der Waals surface area contributed by atoms with Crippen molar-refractivity contribution in [3.63, 3.8) is 0 Å². The molecule has 2 aromatic carbocycles. The van der Waals surface area contributed by atoms with Gasteiger partial charge < -0.3 is 10.1 Å². The minimum atomic E-state index is -1.07. The summed E-state index contributed by atoms with van der Waals surface area (Å²) >= 11 is 1.37. The molecule has 26 heavy (non-hydrogen) atoms. The number of amides is 1. The molecular weight excluding hydrogens is 353 g/mol. The van der Waals surface area contributed by atoms with Crippen molar-refractivity contribution in [1.29, 1.82) is 0 Å². The predicted octanol–water partition coefficient (Wildman–Crippen LogP) is 3.79. The van der Waals surface area contributed by atoms with Crippen molar-refractivity contribution in [2.24, 2.45) is 0 Å². The number of esters is 1. The zero-order valence-corrected chi connectivity index (χ0v) is 15.2. The number of hydrogen-bond donors (Lipinski definition) is 1. The Kier molecular flexibility index (Phi) is 5.93. The van der Waals surface area contributed by atoms with E-state index in [1.807, 2.05) is 31.2 Å². The van der Waals surface area contributed by atoms with Crippen LogP contribution in [0.5, 0.6) is 0 Å². The molecule has 0 aromatic heterocycles. The smallest absolute Gasteiger partial charge is 0.317 e. The van der Waals surface area contributed by atoms with Gasteiger partial charge in [0.2, 0.25) is 6.10 Å². The Morgan fingerprint density at radius 2 is 1.88 bits per heavy atom. The Balaban J connectivity index is 1.66. The van der Waals surface area contributed by atoms with E-state index in [9.17, 15) is 14.0 Å². The van der Waals surface area contributed by atoms with Crippen LogP contribution in [0.3, 0.4) is 0 Å². The molecule has 1 N–H and O–H groups in total. The molecule has 2 aromatic rings. The van der Waals surface area contributed by atoms with Gasteiger partial charge in [-0.05, 0) is 43.5 Å². The van der Waals surface area contributed by atoms with Crippen LogP contribution in [0.1, 0.15) is 30.1 Å². The standard InChI is InChI=1S/C20H20FNO3S/c1-13-4-2-3-5-17(13)26-12-18(23)25-19(20(24)22-16-10-11-16)14-6-8-15(21)9-7-14/h2-9,16,19H,10-12H2,1H3,(H,22,24). The summed E-state index contributed by atoms with van der Waals surface area (Å²) in [6, 6.07) is 13.3. The average molecular weight is 373 g/mol. The molecule has 1 aliphatic rings. The summed E-state index contributed by atoms with van der Waals surface area (Å²) in [5, 5.41) is 2.84. The second-order valence-corrected chi connectivity index (χ2v) is 7.28. The molecule has 1 fully saturated rings. The SMILES string of the molecule is Cc1ccccc1SCC(=O)OC(C(=O)NC1CC1)c1ccc(F)cc1. The third-order valence-electron chi connectivity index (χ3n) is 4.02. The second-order valence-electron chi connectivity index (χ2n) is 6.26. The molecule has 0 bridgehead atoms. The normalized spacial score (nSPS) is 14.5. The van der Waals surface area contributed by atoms with E-state index < -0.39 is 17.9 Å². The Bertz CT molecular complexity index is 790. The molecule has 4 nitrogen and oxygen atoms in total. The number of benzene rings is 2. The quantitative estimate of drug-likeness (QED) is 0.593. The van der Waals surface area contributed by atoms with E-state index in [4.69, 9.17) is 4.74 Å². The first-order valence-electron chi connectivity index (χ1n) is 8.46. The fourth-order valence-corrected chi connectivity index (χ4v) is 3.25. The molecule has 136 valence electrons. The maximum Gasteiger partial charge on any atom is 0.317 e. The van der Waals surface area contributed by atoms with Crippen molar-refractivity contribution in [2.75, 3.05) is 5.75 Å². The van der Waals surface area contributed by atoms with E-state index in [2.05, 4.69) is 5.32 Å². The van der Waals surface area contributed by atoms with Crippen molar-refractivity contribution in [3.8, 4) is 0 Å². The molecule has 1 aliphatic carbocycles. The van der Waals surface area contributed by atoms with Gasteiger partial charge in [0.25, 0.3) is 5.91 Å². The van der Waals surface area contributed by atoms with Gasteiger partial charge in [0.15, 0.2) is 0 Å². The van der Waals surface area contributed by atoms with Crippen LogP contribution in [0.15, 0.2) is 53.4 Å². The lowest BCUT2D eigenvalue weighted by Gasteiger charge is -2.18. The lowest BCUT2D eigenvalue weighted by molar-refractivity contribution is -0.154. The van der Waals surface area contributed by atoms with E-state index in [1.54, 1.807) is 0 Å². The zero-order valence-electron chi connectivity index (χ0n) is 14.4. The molecular formula is C20H20FNO3S. The number of carbonyl (C=O) groups is 2. The van der Waals surface area contributed by atoms with E-state index in [0.717, 1.165) is 23.3 Å². The van der Waals surface area contributed by atoms with Crippen molar-refractivity contribution in [3.05, 3.63) is 65.5 Å². The third kappa shape index (κ3) is 5.08. The lowest BCUT2D eigenvalue weighted by Crippen LogP contribution is -2.33. The highest BCUT2D eigenvalue weighted by molar-refractivity contribution is 8.00. The summed E-state index contributed by atoms with van der Waals surface area (Å²) < 4.78 is 18.6. The molecule has 6 heteroatoms.